The van der Waals surface area contributed by atoms with Crippen molar-refractivity contribution in [3.63, 3.8) is 0 Å². The summed E-state index contributed by atoms with van der Waals surface area (Å²) in [7, 11) is 0. The number of benzene rings is 1. The van der Waals surface area contributed by atoms with E-state index in [-0.39, 0.29) is 11.9 Å². The molecule has 1 amide bonds. The van der Waals surface area contributed by atoms with E-state index in [1.54, 1.807) is 0 Å². The lowest BCUT2D eigenvalue weighted by atomic mass is 9.94. The molecule has 1 aromatic carbocycles. The largest absolute Gasteiger partial charge is 0.352 e. The Kier molecular flexibility index (Phi) is 5.46. The molecule has 4 nitrogen and oxygen atoms in total. The normalized spacial score (nSPS) is 22.2. The SMILES string of the molecule is O=C(NC1CCCCC1)C(c1ccccc1)N1CCNCC1. The van der Waals surface area contributed by atoms with Gasteiger partial charge in [0, 0.05) is 32.2 Å². The average Bonchev–Trinajstić information content (AvgIpc) is 2.58. The fraction of sp³-hybridized carbons (Fsp3) is 0.611. The number of rotatable bonds is 4. The van der Waals surface area contributed by atoms with Crippen molar-refractivity contribution in [1.29, 1.82) is 0 Å². The van der Waals surface area contributed by atoms with Crippen LogP contribution in [-0.4, -0.2) is 43.0 Å². The highest BCUT2D eigenvalue weighted by Crippen LogP contribution is 2.23. The lowest BCUT2D eigenvalue weighted by Gasteiger charge is -2.35. The van der Waals surface area contributed by atoms with E-state index in [0.29, 0.717) is 6.04 Å². The van der Waals surface area contributed by atoms with Crippen LogP contribution in [0.3, 0.4) is 0 Å². The van der Waals surface area contributed by atoms with Crippen LogP contribution in [-0.2, 0) is 4.79 Å². The molecule has 1 saturated carbocycles. The van der Waals surface area contributed by atoms with Crippen molar-refractivity contribution in [3.05, 3.63) is 35.9 Å². The maximum atomic E-state index is 12.9. The first-order valence-electron chi connectivity index (χ1n) is 8.65. The highest BCUT2D eigenvalue weighted by molar-refractivity contribution is 5.83. The second kappa shape index (κ2) is 7.75. The third-order valence-corrected chi connectivity index (χ3v) is 4.83. The van der Waals surface area contributed by atoms with Crippen molar-refractivity contribution < 1.29 is 4.79 Å². The third kappa shape index (κ3) is 3.87. The molecule has 2 fully saturated rings. The van der Waals surface area contributed by atoms with Crippen molar-refractivity contribution in [2.24, 2.45) is 0 Å². The zero-order valence-electron chi connectivity index (χ0n) is 13.3. The molecule has 1 saturated heterocycles. The van der Waals surface area contributed by atoms with Crippen LogP contribution in [0.1, 0.15) is 43.7 Å². The van der Waals surface area contributed by atoms with Crippen LogP contribution in [0, 0.1) is 0 Å². The summed E-state index contributed by atoms with van der Waals surface area (Å²) >= 11 is 0. The summed E-state index contributed by atoms with van der Waals surface area (Å²) in [5.41, 5.74) is 1.11. The molecule has 1 heterocycles. The first-order valence-corrected chi connectivity index (χ1v) is 8.65. The maximum Gasteiger partial charge on any atom is 0.242 e. The Bertz CT molecular complexity index is 464. The van der Waals surface area contributed by atoms with Crippen molar-refractivity contribution in [3.8, 4) is 0 Å². The Labute approximate surface area is 133 Å². The Balaban J connectivity index is 1.73. The van der Waals surface area contributed by atoms with E-state index in [2.05, 4.69) is 27.7 Å². The third-order valence-electron chi connectivity index (χ3n) is 4.83. The monoisotopic (exact) mass is 301 g/mol. The number of piperazine rings is 1. The lowest BCUT2D eigenvalue weighted by molar-refractivity contribution is -0.128. The van der Waals surface area contributed by atoms with Crippen molar-refractivity contribution in [2.75, 3.05) is 26.2 Å². The van der Waals surface area contributed by atoms with E-state index in [1.807, 2.05) is 18.2 Å². The molecule has 4 heteroatoms. The molecule has 1 atom stereocenters. The summed E-state index contributed by atoms with van der Waals surface area (Å²) in [4.78, 5) is 15.2. The molecule has 0 spiro atoms. The zero-order chi connectivity index (χ0) is 15.2. The second-order valence-corrected chi connectivity index (χ2v) is 6.44. The van der Waals surface area contributed by atoms with Crippen LogP contribution in [0.25, 0.3) is 0 Å². The van der Waals surface area contributed by atoms with Gasteiger partial charge in [0.2, 0.25) is 5.91 Å². The van der Waals surface area contributed by atoms with Gasteiger partial charge in [-0.15, -0.1) is 0 Å². The minimum Gasteiger partial charge on any atom is -0.352 e. The van der Waals surface area contributed by atoms with E-state index in [9.17, 15) is 4.79 Å². The van der Waals surface area contributed by atoms with E-state index < -0.39 is 0 Å². The molecule has 2 aliphatic rings. The molecule has 120 valence electrons. The highest BCUT2D eigenvalue weighted by atomic mass is 16.2. The minimum atomic E-state index is -0.148. The Morgan fingerprint density at radius 1 is 1.09 bits per heavy atom. The second-order valence-electron chi connectivity index (χ2n) is 6.44. The van der Waals surface area contributed by atoms with Crippen LogP contribution >= 0.6 is 0 Å². The topological polar surface area (TPSA) is 44.4 Å². The highest BCUT2D eigenvalue weighted by Gasteiger charge is 2.30. The summed E-state index contributed by atoms with van der Waals surface area (Å²) in [6, 6.07) is 10.4. The van der Waals surface area contributed by atoms with Crippen molar-refractivity contribution >= 4 is 5.91 Å². The molecule has 1 aliphatic heterocycles. The van der Waals surface area contributed by atoms with Gasteiger partial charge in [-0.05, 0) is 18.4 Å². The van der Waals surface area contributed by atoms with Gasteiger partial charge >= 0.3 is 0 Å². The maximum absolute atomic E-state index is 12.9. The van der Waals surface area contributed by atoms with E-state index in [1.165, 1.54) is 19.3 Å². The summed E-state index contributed by atoms with van der Waals surface area (Å²) in [6.45, 7) is 3.77. The van der Waals surface area contributed by atoms with Gasteiger partial charge in [0.1, 0.15) is 6.04 Å². The van der Waals surface area contributed by atoms with Gasteiger partial charge in [0.05, 0.1) is 0 Å². The van der Waals surface area contributed by atoms with Crippen LogP contribution in [0.2, 0.25) is 0 Å². The van der Waals surface area contributed by atoms with Gasteiger partial charge in [-0.25, -0.2) is 0 Å². The molecule has 3 rings (SSSR count). The molecule has 1 aliphatic carbocycles. The summed E-state index contributed by atoms with van der Waals surface area (Å²) in [5, 5.41) is 6.68. The van der Waals surface area contributed by atoms with Crippen LogP contribution in [0.5, 0.6) is 0 Å². The minimum absolute atomic E-state index is 0.148. The van der Waals surface area contributed by atoms with E-state index >= 15 is 0 Å². The number of hydrogen-bond acceptors (Lipinski definition) is 3. The fourth-order valence-corrected chi connectivity index (χ4v) is 3.63. The summed E-state index contributed by atoms with van der Waals surface area (Å²) < 4.78 is 0. The first-order chi connectivity index (χ1) is 10.8. The van der Waals surface area contributed by atoms with Gasteiger partial charge in [0.15, 0.2) is 0 Å². The van der Waals surface area contributed by atoms with Gasteiger partial charge in [-0.3, -0.25) is 9.69 Å². The molecular formula is C18H27N3O. The summed E-state index contributed by atoms with van der Waals surface area (Å²) in [5.74, 6) is 0.181. The Morgan fingerprint density at radius 3 is 2.45 bits per heavy atom. The number of hydrogen-bond donors (Lipinski definition) is 2. The molecular weight excluding hydrogens is 274 g/mol. The van der Waals surface area contributed by atoms with Crippen LogP contribution in [0.4, 0.5) is 0 Å². The average molecular weight is 301 g/mol. The molecule has 1 aromatic rings. The van der Waals surface area contributed by atoms with Gasteiger partial charge in [-0.1, -0.05) is 49.6 Å². The van der Waals surface area contributed by atoms with E-state index in [0.717, 1.165) is 44.6 Å². The van der Waals surface area contributed by atoms with Gasteiger partial charge in [-0.2, -0.15) is 0 Å². The molecule has 0 bridgehead atoms. The Morgan fingerprint density at radius 2 is 1.77 bits per heavy atom. The zero-order valence-corrected chi connectivity index (χ0v) is 13.3. The number of carbonyl (C=O) groups is 1. The number of nitrogens with one attached hydrogen (secondary N) is 2. The molecule has 22 heavy (non-hydrogen) atoms. The number of amides is 1. The fourth-order valence-electron chi connectivity index (χ4n) is 3.63. The van der Waals surface area contributed by atoms with Gasteiger partial charge in [0.25, 0.3) is 0 Å². The molecule has 0 radical (unpaired) electrons. The van der Waals surface area contributed by atoms with E-state index in [4.69, 9.17) is 0 Å². The predicted molar refractivity (Wildman–Crippen MR) is 88.6 cm³/mol. The smallest absolute Gasteiger partial charge is 0.242 e. The molecule has 2 N–H and O–H groups in total. The van der Waals surface area contributed by atoms with Gasteiger partial charge < -0.3 is 10.6 Å². The lowest BCUT2D eigenvalue weighted by Crippen LogP contribution is -2.51. The molecule has 0 aromatic heterocycles. The standard InChI is InChI=1S/C18H27N3O/c22-18(20-16-9-5-2-6-10-16)17(15-7-3-1-4-8-15)21-13-11-19-12-14-21/h1,3-4,7-8,16-17,19H,2,5-6,9-14H2,(H,20,22). The predicted octanol–water partition coefficient (Wildman–Crippen LogP) is 2.08. The molecule has 1 unspecified atom stereocenters. The summed E-state index contributed by atoms with van der Waals surface area (Å²) in [6.07, 6.45) is 6.07. The Hall–Kier alpha value is -1.39. The van der Waals surface area contributed by atoms with Crippen molar-refractivity contribution in [2.45, 2.75) is 44.2 Å². The van der Waals surface area contributed by atoms with Crippen LogP contribution < -0.4 is 10.6 Å². The van der Waals surface area contributed by atoms with Crippen LogP contribution in [0.15, 0.2) is 30.3 Å². The number of carbonyl (C=O) groups excluding carboxylic acids is 1. The number of nitrogens with zero attached hydrogens (tertiary/aromatic N) is 1. The van der Waals surface area contributed by atoms with Crippen molar-refractivity contribution in [1.82, 2.24) is 15.5 Å². The quantitative estimate of drug-likeness (QED) is 0.895. The first kappa shape index (κ1) is 15.5.